The lowest BCUT2D eigenvalue weighted by Gasteiger charge is -2.26. The van der Waals surface area contributed by atoms with Gasteiger partial charge in [-0.2, -0.15) is 0 Å². The molecule has 0 saturated carbocycles. The van der Waals surface area contributed by atoms with Crippen LogP contribution in [0.2, 0.25) is 0 Å². The zero-order valence-corrected chi connectivity index (χ0v) is 38.4. The first-order valence-electron chi connectivity index (χ1n) is 23.6. The van der Waals surface area contributed by atoms with Gasteiger partial charge in [0.2, 0.25) is 0 Å². The Morgan fingerprint density at radius 2 is 0.826 bits per heavy atom. The van der Waals surface area contributed by atoms with Gasteiger partial charge in [-0.15, -0.1) is 11.3 Å². The van der Waals surface area contributed by atoms with Gasteiger partial charge in [-0.05, 0) is 138 Å². The minimum atomic E-state index is 1.10. The van der Waals surface area contributed by atoms with Gasteiger partial charge >= 0.3 is 0 Å². The number of rotatable bonds is 7. The Kier molecular flexibility index (Phi) is 9.11. The molecule has 14 rings (SSSR count). The molecule has 0 aliphatic heterocycles. The molecule has 69 heavy (non-hydrogen) atoms. The Balaban J connectivity index is 0.859. The summed E-state index contributed by atoms with van der Waals surface area (Å²) >= 11 is 1.89. The molecule has 0 spiro atoms. The molecular weight excluding hydrogens is 853 g/mol. The van der Waals surface area contributed by atoms with E-state index in [4.69, 9.17) is 0 Å². The fourth-order valence-electron chi connectivity index (χ4n) is 10.9. The van der Waals surface area contributed by atoms with Gasteiger partial charge in [0.05, 0.1) is 11.0 Å². The van der Waals surface area contributed by atoms with Gasteiger partial charge in [0.25, 0.3) is 0 Å². The molecule has 0 fully saturated rings. The highest BCUT2D eigenvalue weighted by Crippen LogP contribution is 2.44. The van der Waals surface area contributed by atoms with Crippen LogP contribution in [0.5, 0.6) is 0 Å². The molecule has 0 radical (unpaired) electrons. The number of fused-ring (bicyclic) bond motifs is 11. The smallest absolute Gasteiger partial charge is 0.0541 e. The summed E-state index contributed by atoms with van der Waals surface area (Å²) in [5.41, 5.74) is 14.1. The standard InChI is InChI=1S/C66H42N2S/c1-4-20-55-45(13-1)31-37-61-60-38-36-53(42-65(60)69-66(55)61)67(51-34-29-44(30-35-51)47-16-12-18-52(40-47)68-63-25-9-7-23-58(63)59-24-8-10-26-64(59)68)50-32-27-43(28-33-50)46-15-11-17-48(39-46)62-41-49-14-2-3-19-54(49)56-21-5-6-22-57(56)62/h1-42H. The van der Waals surface area contributed by atoms with Crippen molar-refractivity contribution >= 4 is 103 Å². The Morgan fingerprint density at radius 1 is 0.290 bits per heavy atom. The number of hydrogen-bond donors (Lipinski definition) is 0. The first-order chi connectivity index (χ1) is 34.2. The van der Waals surface area contributed by atoms with Crippen LogP contribution in [0.1, 0.15) is 0 Å². The van der Waals surface area contributed by atoms with Crippen molar-refractivity contribution in [3.05, 3.63) is 255 Å². The van der Waals surface area contributed by atoms with Crippen molar-refractivity contribution in [2.24, 2.45) is 0 Å². The largest absolute Gasteiger partial charge is 0.310 e. The number of benzene rings is 12. The summed E-state index contributed by atoms with van der Waals surface area (Å²) in [5.74, 6) is 0. The highest BCUT2D eigenvalue weighted by Gasteiger charge is 2.18. The molecule has 2 aromatic heterocycles. The summed E-state index contributed by atoms with van der Waals surface area (Å²) in [5, 5.41) is 12.8. The summed E-state index contributed by atoms with van der Waals surface area (Å²) in [6.45, 7) is 0. The highest BCUT2D eigenvalue weighted by atomic mass is 32.1. The maximum atomic E-state index is 2.40. The van der Waals surface area contributed by atoms with E-state index in [1.807, 2.05) is 11.3 Å². The van der Waals surface area contributed by atoms with Crippen molar-refractivity contribution in [2.45, 2.75) is 0 Å². The fourth-order valence-corrected chi connectivity index (χ4v) is 12.1. The summed E-state index contributed by atoms with van der Waals surface area (Å²) in [6.07, 6.45) is 0. The van der Waals surface area contributed by atoms with Gasteiger partial charge in [0.15, 0.2) is 0 Å². The van der Waals surface area contributed by atoms with Gasteiger partial charge in [0, 0.05) is 53.7 Å². The van der Waals surface area contributed by atoms with Crippen LogP contribution in [-0.2, 0) is 0 Å². The van der Waals surface area contributed by atoms with Crippen LogP contribution in [-0.4, -0.2) is 4.57 Å². The third-order valence-corrected chi connectivity index (χ3v) is 15.4. The molecule has 2 nitrogen and oxygen atoms in total. The van der Waals surface area contributed by atoms with E-state index in [0.29, 0.717) is 0 Å². The topological polar surface area (TPSA) is 8.17 Å². The van der Waals surface area contributed by atoms with E-state index in [-0.39, 0.29) is 0 Å². The second-order valence-electron chi connectivity index (χ2n) is 18.1. The average Bonchev–Trinajstić information content (AvgIpc) is 3.97. The van der Waals surface area contributed by atoms with E-state index >= 15 is 0 Å². The second-order valence-corrected chi connectivity index (χ2v) is 19.1. The molecule has 0 saturated heterocycles. The van der Waals surface area contributed by atoms with Gasteiger partial charge in [-0.3, -0.25) is 0 Å². The van der Waals surface area contributed by atoms with Gasteiger partial charge in [-0.1, -0.05) is 182 Å². The van der Waals surface area contributed by atoms with Gasteiger partial charge in [0.1, 0.15) is 0 Å². The number of aromatic nitrogens is 1. The lowest BCUT2D eigenvalue weighted by atomic mass is 9.92. The molecule has 0 N–H and O–H groups in total. The van der Waals surface area contributed by atoms with Crippen molar-refractivity contribution in [2.75, 3.05) is 4.90 Å². The third-order valence-electron chi connectivity index (χ3n) is 14.1. The molecule has 0 bridgehead atoms. The minimum Gasteiger partial charge on any atom is -0.310 e. The van der Waals surface area contributed by atoms with Crippen molar-refractivity contribution in [1.82, 2.24) is 4.57 Å². The molecule has 322 valence electrons. The van der Waals surface area contributed by atoms with Crippen LogP contribution in [0.3, 0.4) is 0 Å². The zero-order valence-electron chi connectivity index (χ0n) is 37.6. The number of hydrogen-bond acceptors (Lipinski definition) is 2. The summed E-state index contributed by atoms with van der Waals surface area (Å²) in [4.78, 5) is 2.40. The lowest BCUT2D eigenvalue weighted by Crippen LogP contribution is -2.09. The number of nitrogens with zero attached hydrogens (tertiary/aromatic N) is 2. The Labute approximate surface area is 403 Å². The average molecular weight is 895 g/mol. The van der Waals surface area contributed by atoms with Crippen LogP contribution in [0.4, 0.5) is 17.1 Å². The molecule has 0 atom stereocenters. The maximum Gasteiger partial charge on any atom is 0.0541 e. The van der Waals surface area contributed by atoms with Crippen molar-refractivity contribution in [1.29, 1.82) is 0 Å². The van der Waals surface area contributed by atoms with Crippen LogP contribution in [0.15, 0.2) is 255 Å². The molecular formula is C66H42N2S. The molecule has 14 aromatic rings. The first kappa shape index (κ1) is 39.4. The molecule has 2 heterocycles. The van der Waals surface area contributed by atoms with Crippen LogP contribution >= 0.6 is 11.3 Å². The van der Waals surface area contributed by atoms with E-state index in [1.165, 1.54) is 108 Å². The lowest BCUT2D eigenvalue weighted by molar-refractivity contribution is 1.18. The molecule has 0 aliphatic rings. The molecule has 0 amide bonds. The predicted octanol–water partition coefficient (Wildman–Crippen LogP) is 19.1. The summed E-state index contributed by atoms with van der Waals surface area (Å²) in [6, 6.07) is 93.7. The first-order valence-corrected chi connectivity index (χ1v) is 24.5. The summed E-state index contributed by atoms with van der Waals surface area (Å²) < 4.78 is 5.00. The highest BCUT2D eigenvalue weighted by molar-refractivity contribution is 7.26. The van der Waals surface area contributed by atoms with Crippen molar-refractivity contribution in [3.63, 3.8) is 0 Å². The monoisotopic (exact) mass is 894 g/mol. The van der Waals surface area contributed by atoms with Gasteiger partial charge in [-0.25, -0.2) is 0 Å². The van der Waals surface area contributed by atoms with Crippen LogP contribution < -0.4 is 4.90 Å². The van der Waals surface area contributed by atoms with E-state index in [1.54, 1.807) is 0 Å². The fraction of sp³-hybridized carbons (Fsp3) is 0. The van der Waals surface area contributed by atoms with Gasteiger partial charge < -0.3 is 9.47 Å². The Bertz CT molecular complexity index is 4260. The number of anilines is 3. The van der Waals surface area contributed by atoms with Crippen molar-refractivity contribution in [3.8, 4) is 39.1 Å². The molecule has 0 aliphatic carbocycles. The van der Waals surface area contributed by atoms with Crippen LogP contribution in [0, 0.1) is 0 Å². The maximum absolute atomic E-state index is 2.40. The molecule has 12 aromatic carbocycles. The SMILES string of the molecule is c1cc(-c2ccc(N(c3ccc(-c4cccc(-n5c6ccccc6c6ccccc65)c4)cc3)c3ccc4c(c3)sc3c5ccccc5ccc43)cc2)cc(-c2cc3ccccc3c3ccccc23)c1. The normalized spacial score (nSPS) is 11.8. The summed E-state index contributed by atoms with van der Waals surface area (Å²) in [7, 11) is 0. The second kappa shape index (κ2) is 16.0. The predicted molar refractivity (Wildman–Crippen MR) is 297 cm³/mol. The van der Waals surface area contributed by atoms with Crippen LogP contribution in [0.25, 0.3) is 113 Å². The molecule has 3 heteroatoms. The van der Waals surface area contributed by atoms with E-state index in [0.717, 1.165) is 22.7 Å². The van der Waals surface area contributed by atoms with E-state index < -0.39 is 0 Å². The molecule has 0 unspecified atom stereocenters. The Hall–Kier alpha value is -8.76. The third kappa shape index (κ3) is 6.54. The van der Waals surface area contributed by atoms with Crippen molar-refractivity contribution < 1.29 is 0 Å². The van der Waals surface area contributed by atoms with E-state index in [9.17, 15) is 0 Å². The zero-order chi connectivity index (χ0) is 45.4. The Morgan fingerprint density at radius 3 is 1.54 bits per heavy atom. The number of thiophene rings is 1. The van der Waals surface area contributed by atoms with E-state index in [2.05, 4.69) is 264 Å². The minimum absolute atomic E-state index is 1.10. The quantitative estimate of drug-likeness (QED) is 0.145. The number of para-hydroxylation sites is 2.